The van der Waals surface area contributed by atoms with Gasteiger partial charge in [-0.05, 0) is 0 Å². The number of hydrogen-bond donors (Lipinski definition) is 2. The fourth-order valence-corrected chi connectivity index (χ4v) is 0.696. The first kappa shape index (κ1) is 10.3. The van der Waals surface area contributed by atoms with E-state index >= 15 is 0 Å². The summed E-state index contributed by atoms with van der Waals surface area (Å²) in [5, 5.41) is 10.9. The number of carbonyl (C=O) groups is 1. The van der Waals surface area contributed by atoms with Gasteiger partial charge in [0.25, 0.3) is 0 Å². The Morgan fingerprint density at radius 1 is 1.86 bits per heavy atom. The predicted molar refractivity (Wildman–Crippen MR) is 47.6 cm³/mol. The molecule has 6 heteroatoms. The van der Waals surface area contributed by atoms with Gasteiger partial charge in [-0.15, -0.1) is 0 Å². The fraction of sp³-hybridized carbons (Fsp3) is 0.250. The molecule has 0 atom stereocenters. The van der Waals surface area contributed by atoms with E-state index in [0.29, 0.717) is 0 Å². The molecule has 0 fully saturated rings. The predicted octanol–water partition coefficient (Wildman–Crippen LogP) is 0.901. The van der Waals surface area contributed by atoms with Crippen molar-refractivity contribution in [3.05, 3.63) is 24.6 Å². The van der Waals surface area contributed by atoms with E-state index in [2.05, 4.69) is 21.6 Å². The molecule has 0 aliphatic heterocycles. The number of aromatic nitrogens is 1. The zero-order chi connectivity index (χ0) is 10.4. The van der Waals surface area contributed by atoms with Crippen LogP contribution in [-0.2, 0) is 11.3 Å². The lowest BCUT2D eigenvalue weighted by Gasteiger charge is -1.99. The Balaban J connectivity index is 2.43. The van der Waals surface area contributed by atoms with Crippen LogP contribution >= 0.6 is 0 Å². The second-order valence-corrected chi connectivity index (χ2v) is 2.30. The highest BCUT2D eigenvalue weighted by Gasteiger charge is 2.07. The zero-order valence-electron chi connectivity index (χ0n) is 7.40. The Labute approximate surface area is 80.2 Å². The minimum Gasteiger partial charge on any atom is -0.445 e. The molecule has 0 aromatic carbocycles. The average Bonchev–Trinajstić information content (AvgIpc) is 2.62. The largest absolute Gasteiger partial charge is 0.445 e. The van der Waals surface area contributed by atoms with Gasteiger partial charge in [-0.25, -0.2) is 15.1 Å². The first-order valence-corrected chi connectivity index (χ1v) is 3.86. The van der Waals surface area contributed by atoms with Crippen molar-refractivity contribution in [1.82, 2.24) is 4.98 Å². The SMILES string of the molecule is C=CCOC(=O)Nc1ncc(CO)o1. The van der Waals surface area contributed by atoms with Gasteiger partial charge in [0.05, 0.1) is 6.20 Å². The molecule has 14 heavy (non-hydrogen) atoms. The van der Waals surface area contributed by atoms with Gasteiger partial charge >= 0.3 is 12.1 Å². The third-order valence-corrected chi connectivity index (χ3v) is 1.25. The van der Waals surface area contributed by atoms with Crippen LogP contribution in [0.15, 0.2) is 23.3 Å². The van der Waals surface area contributed by atoms with Crippen molar-refractivity contribution in [3.63, 3.8) is 0 Å². The maximum absolute atomic E-state index is 10.9. The summed E-state index contributed by atoms with van der Waals surface area (Å²) in [5.74, 6) is 0.268. The molecule has 0 aliphatic carbocycles. The van der Waals surface area contributed by atoms with Crippen LogP contribution in [0.3, 0.4) is 0 Å². The molecule has 1 aromatic heterocycles. The zero-order valence-corrected chi connectivity index (χ0v) is 7.40. The number of oxazole rings is 1. The molecule has 0 saturated carbocycles. The van der Waals surface area contributed by atoms with E-state index in [1.54, 1.807) is 0 Å². The van der Waals surface area contributed by atoms with Crippen LogP contribution in [-0.4, -0.2) is 22.8 Å². The van der Waals surface area contributed by atoms with Crippen LogP contribution in [0.25, 0.3) is 0 Å². The number of aliphatic hydroxyl groups is 1. The van der Waals surface area contributed by atoms with Crippen molar-refractivity contribution in [3.8, 4) is 0 Å². The lowest BCUT2D eigenvalue weighted by Crippen LogP contribution is -2.13. The molecule has 1 rings (SSSR count). The van der Waals surface area contributed by atoms with Gasteiger partial charge in [0.2, 0.25) is 0 Å². The molecule has 1 heterocycles. The second-order valence-electron chi connectivity index (χ2n) is 2.30. The molecule has 0 aliphatic rings. The lowest BCUT2D eigenvalue weighted by molar-refractivity contribution is 0.173. The highest BCUT2D eigenvalue weighted by atomic mass is 16.6. The standard InChI is InChI=1S/C8H10N2O4/c1-2-3-13-8(12)10-7-9-4-6(5-11)14-7/h2,4,11H,1,3,5H2,(H,9,10,12). The maximum Gasteiger partial charge on any atom is 0.415 e. The summed E-state index contributed by atoms with van der Waals surface area (Å²) in [6.07, 6.45) is 2.06. The molecule has 76 valence electrons. The molecule has 0 saturated heterocycles. The Hall–Kier alpha value is -1.82. The summed E-state index contributed by atoms with van der Waals surface area (Å²) in [5.41, 5.74) is 0. The molecular formula is C8H10N2O4. The molecule has 1 amide bonds. The number of hydrogen-bond acceptors (Lipinski definition) is 5. The average molecular weight is 198 g/mol. The quantitative estimate of drug-likeness (QED) is 0.702. The highest BCUT2D eigenvalue weighted by Crippen LogP contribution is 2.08. The van der Waals surface area contributed by atoms with Gasteiger partial charge < -0.3 is 14.3 Å². The number of rotatable bonds is 4. The summed E-state index contributed by atoms with van der Waals surface area (Å²) in [4.78, 5) is 14.6. The molecule has 2 N–H and O–H groups in total. The molecule has 0 radical (unpaired) electrons. The molecule has 0 unspecified atom stereocenters. The molecule has 1 aromatic rings. The Morgan fingerprint density at radius 2 is 2.64 bits per heavy atom. The van der Waals surface area contributed by atoms with E-state index in [-0.39, 0.29) is 25.0 Å². The van der Waals surface area contributed by atoms with E-state index in [9.17, 15) is 4.79 Å². The number of ether oxygens (including phenoxy) is 1. The van der Waals surface area contributed by atoms with Gasteiger partial charge in [0.1, 0.15) is 13.2 Å². The first-order chi connectivity index (χ1) is 6.76. The molecule has 6 nitrogen and oxygen atoms in total. The topological polar surface area (TPSA) is 84.6 Å². The van der Waals surface area contributed by atoms with Crippen LogP contribution in [0.5, 0.6) is 0 Å². The summed E-state index contributed by atoms with van der Waals surface area (Å²) >= 11 is 0. The van der Waals surface area contributed by atoms with Gasteiger partial charge in [-0.3, -0.25) is 0 Å². The molecule has 0 spiro atoms. The second kappa shape index (κ2) is 5.03. The molecular weight excluding hydrogens is 188 g/mol. The lowest BCUT2D eigenvalue weighted by atomic mass is 10.6. The first-order valence-electron chi connectivity index (χ1n) is 3.86. The Morgan fingerprint density at radius 3 is 3.21 bits per heavy atom. The van der Waals surface area contributed by atoms with E-state index in [4.69, 9.17) is 9.52 Å². The smallest absolute Gasteiger partial charge is 0.415 e. The maximum atomic E-state index is 10.9. The van der Waals surface area contributed by atoms with Crippen molar-refractivity contribution in [1.29, 1.82) is 0 Å². The third kappa shape index (κ3) is 2.91. The summed E-state index contributed by atoms with van der Waals surface area (Å²) in [7, 11) is 0. The monoisotopic (exact) mass is 198 g/mol. The van der Waals surface area contributed by atoms with Crippen LogP contribution in [0.1, 0.15) is 5.76 Å². The fourth-order valence-electron chi connectivity index (χ4n) is 0.696. The number of carbonyl (C=O) groups excluding carboxylic acids is 1. The van der Waals surface area contributed by atoms with E-state index in [0.717, 1.165) is 0 Å². The Bertz CT molecular complexity index is 321. The minimum atomic E-state index is -0.684. The van der Waals surface area contributed by atoms with Gasteiger partial charge in [-0.2, -0.15) is 0 Å². The van der Waals surface area contributed by atoms with Crippen molar-refractivity contribution in [2.45, 2.75) is 6.61 Å². The van der Waals surface area contributed by atoms with Crippen molar-refractivity contribution in [2.24, 2.45) is 0 Å². The van der Waals surface area contributed by atoms with E-state index < -0.39 is 6.09 Å². The molecule has 0 bridgehead atoms. The number of anilines is 1. The van der Waals surface area contributed by atoms with E-state index in [1.807, 2.05) is 0 Å². The normalized spacial score (nSPS) is 9.50. The number of aliphatic hydroxyl groups excluding tert-OH is 1. The minimum absolute atomic E-state index is 0.0110. The van der Waals surface area contributed by atoms with Gasteiger partial charge in [-0.1, -0.05) is 12.7 Å². The summed E-state index contributed by atoms with van der Waals surface area (Å²) in [6, 6.07) is -0.0110. The van der Waals surface area contributed by atoms with Crippen molar-refractivity contribution < 1.29 is 19.1 Å². The number of amides is 1. The number of nitrogens with zero attached hydrogens (tertiary/aromatic N) is 1. The van der Waals surface area contributed by atoms with Gasteiger partial charge in [0, 0.05) is 0 Å². The highest BCUT2D eigenvalue weighted by molar-refractivity contribution is 5.81. The van der Waals surface area contributed by atoms with Crippen molar-refractivity contribution >= 4 is 12.1 Å². The van der Waals surface area contributed by atoms with Crippen LogP contribution in [0.2, 0.25) is 0 Å². The Kier molecular flexibility index (Phi) is 3.69. The van der Waals surface area contributed by atoms with Crippen LogP contribution in [0.4, 0.5) is 10.8 Å². The summed E-state index contributed by atoms with van der Waals surface area (Å²) < 4.78 is 9.49. The number of nitrogens with one attached hydrogen (secondary N) is 1. The summed E-state index contributed by atoms with van der Waals surface area (Å²) in [6.45, 7) is 3.22. The van der Waals surface area contributed by atoms with Crippen LogP contribution < -0.4 is 5.32 Å². The third-order valence-electron chi connectivity index (χ3n) is 1.25. The van der Waals surface area contributed by atoms with Crippen LogP contribution in [0, 0.1) is 0 Å². The van der Waals surface area contributed by atoms with Crippen molar-refractivity contribution in [2.75, 3.05) is 11.9 Å². The van der Waals surface area contributed by atoms with E-state index in [1.165, 1.54) is 12.3 Å². The van der Waals surface area contributed by atoms with Gasteiger partial charge in [0.15, 0.2) is 5.76 Å².